The summed E-state index contributed by atoms with van der Waals surface area (Å²) in [5.41, 5.74) is 3.17. The second kappa shape index (κ2) is 4.20. The third kappa shape index (κ3) is 2.07. The van der Waals surface area contributed by atoms with E-state index in [2.05, 4.69) is 10.5 Å². The molecule has 0 fully saturated rings. The molecule has 1 aliphatic heterocycles. The molecule has 2 rings (SSSR count). The van der Waals surface area contributed by atoms with Crippen molar-refractivity contribution in [2.24, 2.45) is 5.10 Å². The molecule has 0 radical (unpaired) electrons. The van der Waals surface area contributed by atoms with E-state index in [1.165, 1.54) is 19.2 Å². The first-order chi connectivity index (χ1) is 8.11. The number of carbonyl (C=O) groups is 1. The third-order valence-corrected chi connectivity index (χ3v) is 2.35. The average molecular weight is 235 g/mol. The fourth-order valence-electron chi connectivity index (χ4n) is 1.54. The van der Waals surface area contributed by atoms with E-state index in [1.54, 1.807) is 6.07 Å². The summed E-state index contributed by atoms with van der Waals surface area (Å²) >= 11 is 0. The van der Waals surface area contributed by atoms with Crippen LogP contribution in [0.2, 0.25) is 0 Å². The van der Waals surface area contributed by atoms with E-state index in [-0.39, 0.29) is 23.8 Å². The average Bonchev–Trinajstić information content (AvgIpc) is 2.75. The van der Waals surface area contributed by atoms with Crippen LogP contribution in [0, 0.1) is 10.1 Å². The first-order valence-corrected chi connectivity index (χ1v) is 4.80. The van der Waals surface area contributed by atoms with Crippen molar-refractivity contribution >= 4 is 17.3 Å². The van der Waals surface area contributed by atoms with Crippen LogP contribution in [0.4, 0.5) is 5.69 Å². The Morgan fingerprint density at radius 1 is 1.53 bits per heavy atom. The number of hydrogen-bond donors (Lipinski definition) is 1. The molecule has 1 heterocycles. The highest BCUT2D eigenvalue weighted by Crippen LogP contribution is 2.28. The normalized spacial score (nSPS) is 14.2. The zero-order chi connectivity index (χ0) is 12.4. The van der Waals surface area contributed by atoms with Gasteiger partial charge in [-0.05, 0) is 12.1 Å². The molecule has 1 aliphatic rings. The van der Waals surface area contributed by atoms with Crippen LogP contribution in [0.15, 0.2) is 23.3 Å². The summed E-state index contributed by atoms with van der Waals surface area (Å²) in [7, 11) is 1.36. The van der Waals surface area contributed by atoms with Crippen molar-refractivity contribution < 1.29 is 14.5 Å². The lowest BCUT2D eigenvalue weighted by molar-refractivity contribution is -0.385. The van der Waals surface area contributed by atoms with Crippen molar-refractivity contribution in [3.63, 3.8) is 0 Å². The molecule has 88 valence electrons. The monoisotopic (exact) mass is 235 g/mol. The number of nitro groups is 1. The van der Waals surface area contributed by atoms with E-state index >= 15 is 0 Å². The van der Waals surface area contributed by atoms with Crippen LogP contribution in [-0.2, 0) is 4.79 Å². The summed E-state index contributed by atoms with van der Waals surface area (Å²) in [4.78, 5) is 21.3. The Morgan fingerprint density at radius 2 is 2.29 bits per heavy atom. The molecular weight excluding hydrogens is 226 g/mol. The number of nitro benzene ring substituents is 1. The lowest BCUT2D eigenvalue weighted by atomic mass is 10.1. The minimum atomic E-state index is -0.535. The first-order valence-electron chi connectivity index (χ1n) is 4.80. The van der Waals surface area contributed by atoms with Gasteiger partial charge in [-0.2, -0.15) is 5.10 Å². The number of nitrogens with zero attached hydrogens (tertiary/aromatic N) is 2. The third-order valence-electron chi connectivity index (χ3n) is 2.35. The second-order valence-electron chi connectivity index (χ2n) is 3.41. The maximum Gasteiger partial charge on any atom is 0.311 e. The standard InChI is InChI=1S/C10H9N3O4/c1-17-9-3-2-6(4-8(9)13(15)16)7-5-10(14)12-11-7/h2-4H,5H2,1H3,(H,12,14). The number of hydrogen-bond acceptors (Lipinski definition) is 5. The SMILES string of the molecule is COc1ccc(C2=NNC(=O)C2)cc1[N+](=O)[O-]. The maximum absolute atomic E-state index is 11.0. The largest absolute Gasteiger partial charge is 0.490 e. The van der Waals surface area contributed by atoms with Gasteiger partial charge in [-0.1, -0.05) is 0 Å². The highest BCUT2D eigenvalue weighted by atomic mass is 16.6. The zero-order valence-electron chi connectivity index (χ0n) is 8.97. The van der Waals surface area contributed by atoms with Crippen LogP contribution >= 0.6 is 0 Å². The molecule has 0 saturated heterocycles. The van der Waals surface area contributed by atoms with Gasteiger partial charge in [0.1, 0.15) is 0 Å². The topological polar surface area (TPSA) is 93.8 Å². The van der Waals surface area contributed by atoms with E-state index in [4.69, 9.17) is 4.74 Å². The van der Waals surface area contributed by atoms with E-state index in [0.29, 0.717) is 11.3 Å². The number of ether oxygens (including phenoxy) is 1. The van der Waals surface area contributed by atoms with Crippen molar-refractivity contribution in [1.82, 2.24) is 5.43 Å². The van der Waals surface area contributed by atoms with Gasteiger partial charge >= 0.3 is 5.69 Å². The van der Waals surface area contributed by atoms with Gasteiger partial charge in [-0.15, -0.1) is 0 Å². The summed E-state index contributed by atoms with van der Waals surface area (Å²) in [6.07, 6.45) is 0.128. The first kappa shape index (κ1) is 11.1. The summed E-state index contributed by atoms with van der Waals surface area (Å²) in [6, 6.07) is 4.46. The molecule has 0 spiro atoms. The second-order valence-corrected chi connectivity index (χ2v) is 3.41. The molecule has 1 aromatic carbocycles. The van der Waals surface area contributed by atoms with Crippen molar-refractivity contribution in [2.75, 3.05) is 7.11 Å². The van der Waals surface area contributed by atoms with Crippen molar-refractivity contribution in [3.8, 4) is 5.75 Å². The number of rotatable bonds is 3. The zero-order valence-corrected chi connectivity index (χ0v) is 8.97. The van der Waals surface area contributed by atoms with Crippen molar-refractivity contribution in [1.29, 1.82) is 0 Å². The van der Waals surface area contributed by atoms with Gasteiger partial charge in [0.15, 0.2) is 5.75 Å². The van der Waals surface area contributed by atoms with Crippen LogP contribution in [0.3, 0.4) is 0 Å². The van der Waals surface area contributed by atoms with E-state index < -0.39 is 4.92 Å². The molecule has 1 aromatic rings. The predicted octanol–water partition coefficient (Wildman–Crippen LogP) is 0.827. The van der Waals surface area contributed by atoms with Crippen LogP contribution in [0.25, 0.3) is 0 Å². The molecule has 0 aromatic heterocycles. The molecule has 0 unspecified atom stereocenters. The quantitative estimate of drug-likeness (QED) is 0.620. The number of carbonyl (C=O) groups excluding carboxylic acids is 1. The Balaban J connectivity index is 2.41. The Labute approximate surface area is 96.2 Å². The Morgan fingerprint density at radius 3 is 2.82 bits per heavy atom. The molecule has 1 N–H and O–H groups in total. The molecule has 17 heavy (non-hydrogen) atoms. The van der Waals surface area contributed by atoms with Crippen molar-refractivity contribution in [2.45, 2.75) is 6.42 Å². The summed E-state index contributed by atoms with van der Waals surface area (Å²) in [5.74, 6) is -0.0462. The minimum Gasteiger partial charge on any atom is -0.490 e. The van der Waals surface area contributed by atoms with Gasteiger partial charge in [-0.3, -0.25) is 14.9 Å². The predicted molar refractivity (Wildman–Crippen MR) is 58.9 cm³/mol. The molecule has 7 heteroatoms. The van der Waals surface area contributed by atoms with E-state index in [1.807, 2.05) is 0 Å². The highest BCUT2D eigenvalue weighted by molar-refractivity contribution is 6.13. The number of benzene rings is 1. The van der Waals surface area contributed by atoms with Gasteiger partial charge in [0.05, 0.1) is 24.2 Å². The van der Waals surface area contributed by atoms with Crippen molar-refractivity contribution in [3.05, 3.63) is 33.9 Å². The number of nitrogens with one attached hydrogen (secondary N) is 1. The Kier molecular flexibility index (Phi) is 2.73. The summed E-state index contributed by atoms with van der Waals surface area (Å²) < 4.78 is 4.88. The lowest BCUT2D eigenvalue weighted by Crippen LogP contribution is -2.09. The maximum atomic E-state index is 11.0. The number of methoxy groups -OCH3 is 1. The smallest absolute Gasteiger partial charge is 0.311 e. The summed E-state index contributed by atoms with van der Waals surface area (Å²) in [6.45, 7) is 0. The van der Waals surface area contributed by atoms with Gasteiger partial charge in [0.25, 0.3) is 0 Å². The highest BCUT2D eigenvalue weighted by Gasteiger charge is 2.21. The Hall–Kier alpha value is -2.44. The summed E-state index contributed by atoms with van der Waals surface area (Å²) in [5, 5.41) is 14.6. The molecular formula is C10H9N3O4. The van der Waals surface area contributed by atoms with Crippen LogP contribution in [0.1, 0.15) is 12.0 Å². The van der Waals surface area contributed by atoms with E-state index in [9.17, 15) is 14.9 Å². The van der Waals surface area contributed by atoms with Crippen LogP contribution < -0.4 is 10.2 Å². The Bertz CT molecular complexity index is 524. The molecule has 0 bridgehead atoms. The van der Waals surface area contributed by atoms with Crippen LogP contribution in [-0.4, -0.2) is 23.7 Å². The fourth-order valence-corrected chi connectivity index (χ4v) is 1.54. The number of amides is 1. The number of hydrazone groups is 1. The molecule has 0 atom stereocenters. The lowest BCUT2D eigenvalue weighted by Gasteiger charge is -2.03. The molecule has 0 saturated carbocycles. The minimum absolute atomic E-state index is 0.128. The van der Waals surface area contributed by atoms with Gasteiger partial charge in [0.2, 0.25) is 5.91 Å². The van der Waals surface area contributed by atoms with Gasteiger partial charge < -0.3 is 4.74 Å². The molecule has 1 amide bonds. The van der Waals surface area contributed by atoms with Crippen LogP contribution in [0.5, 0.6) is 5.75 Å². The van der Waals surface area contributed by atoms with E-state index in [0.717, 1.165) is 0 Å². The fraction of sp³-hybridized carbons (Fsp3) is 0.200. The van der Waals surface area contributed by atoms with Gasteiger partial charge in [-0.25, -0.2) is 5.43 Å². The van der Waals surface area contributed by atoms with Gasteiger partial charge in [0, 0.05) is 11.6 Å². The molecule has 7 nitrogen and oxygen atoms in total. The molecule has 0 aliphatic carbocycles.